The second-order valence-corrected chi connectivity index (χ2v) is 11.2. The van der Waals surface area contributed by atoms with Crippen LogP contribution in [0, 0.1) is 12.3 Å². The molecule has 2 heteroatoms. The average molecular weight is 442 g/mol. The second kappa shape index (κ2) is 6.48. The van der Waals surface area contributed by atoms with Gasteiger partial charge in [-0.15, -0.1) is 0 Å². The molecule has 0 aliphatic heterocycles. The van der Waals surface area contributed by atoms with Crippen LogP contribution in [0.4, 0.5) is 0 Å². The van der Waals surface area contributed by atoms with E-state index in [0.29, 0.717) is 0 Å². The van der Waals surface area contributed by atoms with Crippen LogP contribution in [-0.4, -0.2) is 4.40 Å². The van der Waals surface area contributed by atoms with E-state index in [9.17, 15) is 0 Å². The fourth-order valence-electron chi connectivity index (χ4n) is 6.36. The van der Waals surface area contributed by atoms with E-state index in [1.807, 2.05) is 0 Å². The number of hydrogen-bond acceptors (Lipinski definition) is 0. The summed E-state index contributed by atoms with van der Waals surface area (Å²) in [6.07, 6.45) is 3.26. The van der Waals surface area contributed by atoms with Crippen molar-refractivity contribution in [3.8, 4) is 0 Å². The summed E-state index contributed by atoms with van der Waals surface area (Å²) in [4.78, 5) is 0. The van der Waals surface area contributed by atoms with Gasteiger partial charge in [-0.25, -0.2) is 4.57 Å². The van der Waals surface area contributed by atoms with Crippen LogP contribution < -0.4 is 4.57 Å². The van der Waals surface area contributed by atoms with Gasteiger partial charge in [0.25, 0.3) is 0 Å². The lowest BCUT2D eigenvalue weighted by Gasteiger charge is -2.22. The highest BCUT2D eigenvalue weighted by molar-refractivity contribution is 6.33. The Hall–Kier alpha value is -3.65. The van der Waals surface area contributed by atoms with Crippen molar-refractivity contribution in [3.63, 3.8) is 0 Å². The maximum Gasteiger partial charge on any atom is 0.224 e. The van der Waals surface area contributed by atoms with Crippen LogP contribution >= 0.6 is 0 Å². The molecule has 0 aliphatic carbocycles. The molecule has 0 aliphatic rings. The molecule has 7 rings (SSSR count). The average Bonchev–Trinajstić information content (AvgIpc) is 3.15. The summed E-state index contributed by atoms with van der Waals surface area (Å²) in [5.41, 5.74) is 8.35. The van der Waals surface area contributed by atoms with E-state index in [1.54, 1.807) is 0 Å². The van der Waals surface area contributed by atoms with Gasteiger partial charge in [-0.1, -0.05) is 75.4 Å². The van der Waals surface area contributed by atoms with Crippen molar-refractivity contribution < 1.29 is 4.57 Å². The van der Waals surface area contributed by atoms with Crippen molar-refractivity contribution in [3.05, 3.63) is 84.1 Å². The van der Waals surface area contributed by atoms with Crippen molar-refractivity contribution in [2.24, 2.45) is 12.5 Å². The van der Waals surface area contributed by atoms with Gasteiger partial charge in [-0.05, 0) is 52.1 Å². The van der Waals surface area contributed by atoms with Crippen LogP contribution in [0.5, 0.6) is 0 Å². The number of para-hydroxylation sites is 1. The van der Waals surface area contributed by atoms with Crippen LogP contribution in [0.3, 0.4) is 0 Å². The largest absolute Gasteiger partial charge is 0.307 e. The van der Waals surface area contributed by atoms with Crippen LogP contribution in [-0.2, 0) is 13.5 Å². The third-order valence-electron chi connectivity index (χ3n) is 7.63. The highest BCUT2D eigenvalue weighted by Gasteiger charge is 2.27. The Labute approximate surface area is 199 Å². The number of benzene rings is 4. The summed E-state index contributed by atoms with van der Waals surface area (Å²) in [7, 11) is 2.20. The van der Waals surface area contributed by atoms with Crippen LogP contribution in [0.15, 0.2) is 72.9 Å². The number of aryl methyl sites for hydroxylation is 2. The van der Waals surface area contributed by atoms with Crippen LogP contribution in [0.25, 0.3) is 59.8 Å². The van der Waals surface area contributed by atoms with Gasteiger partial charge in [0.15, 0.2) is 6.20 Å². The number of pyridine rings is 2. The Morgan fingerprint density at radius 1 is 0.735 bits per heavy atom. The van der Waals surface area contributed by atoms with Crippen molar-refractivity contribution >= 4 is 59.8 Å². The van der Waals surface area contributed by atoms with Gasteiger partial charge in [-0.3, -0.25) is 0 Å². The first-order chi connectivity index (χ1) is 16.3. The first kappa shape index (κ1) is 19.8. The van der Waals surface area contributed by atoms with Gasteiger partial charge >= 0.3 is 0 Å². The third-order valence-corrected chi connectivity index (χ3v) is 7.63. The first-order valence-electron chi connectivity index (χ1n) is 12.2. The Morgan fingerprint density at radius 2 is 1.44 bits per heavy atom. The molecule has 3 aromatic heterocycles. The highest BCUT2D eigenvalue weighted by Crippen LogP contribution is 2.45. The van der Waals surface area contributed by atoms with Gasteiger partial charge in [0.2, 0.25) is 5.52 Å². The van der Waals surface area contributed by atoms with Gasteiger partial charge < -0.3 is 4.40 Å². The number of rotatable bonds is 1. The van der Waals surface area contributed by atoms with Gasteiger partial charge in [-0.2, -0.15) is 0 Å². The quantitative estimate of drug-likeness (QED) is 0.139. The summed E-state index contributed by atoms with van der Waals surface area (Å²) in [6.45, 7) is 9.33. The standard InChI is InChI=1S/C32H29N2/c1-19-22-10-6-7-11-23(22)28-24-12-8-9-13-25(24)34-29-21(18-32(2,3)4)15-14-20-16-17-33(5)30(27(20)29)26(19)31(28)34/h6-17H,18H2,1-5H3/q+1. The van der Waals surface area contributed by atoms with Crippen molar-refractivity contribution in [2.45, 2.75) is 34.1 Å². The lowest BCUT2D eigenvalue weighted by molar-refractivity contribution is -0.643. The second-order valence-electron chi connectivity index (χ2n) is 11.2. The van der Waals surface area contributed by atoms with Crippen molar-refractivity contribution in [1.82, 2.24) is 4.40 Å². The maximum atomic E-state index is 2.59. The highest BCUT2D eigenvalue weighted by atomic mass is 15.0. The minimum atomic E-state index is 0.197. The number of fused-ring (bicyclic) bond motifs is 7. The third kappa shape index (κ3) is 2.43. The van der Waals surface area contributed by atoms with Crippen molar-refractivity contribution in [1.29, 1.82) is 0 Å². The molecule has 0 unspecified atom stereocenters. The Balaban J connectivity index is 1.94. The lowest BCUT2D eigenvalue weighted by atomic mass is 9.86. The molecular formula is C32H29N2+. The Kier molecular flexibility index (Phi) is 3.77. The molecule has 0 spiro atoms. The molecule has 2 nitrogen and oxygen atoms in total. The zero-order valence-electron chi connectivity index (χ0n) is 20.5. The molecule has 0 N–H and O–H groups in total. The number of aromatic nitrogens is 2. The first-order valence-corrected chi connectivity index (χ1v) is 12.2. The molecule has 0 saturated carbocycles. The Morgan fingerprint density at radius 3 is 2.21 bits per heavy atom. The Bertz CT molecular complexity index is 1930. The van der Waals surface area contributed by atoms with E-state index < -0.39 is 0 Å². The molecule has 7 aromatic rings. The van der Waals surface area contributed by atoms with E-state index in [0.717, 1.165) is 6.42 Å². The molecule has 0 saturated heterocycles. The normalized spacial score (nSPS) is 13.0. The number of nitrogens with zero attached hydrogens (tertiary/aromatic N) is 2. The smallest absolute Gasteiger partial charge is 0.224 e. The summed E-state index contributed by atoms with van der Waals surface area (Å²) < 4.78 is 4.93. The zero-order valence-corrected chi connectivity index (χ0v) is 20.5. The van der Waals surface area contributed by atoms with Crippen LogP contribution in [0.1, 0.15) is 31.9 Å². The summed E-state index contributed by atoms with van der Waals surface area (Å²) >= 11 is 0. The SMILES string of the molecule is Cc1c2ccccc2c2c3ccccc3n3c4c(CC(C)(C)C)ccc5cc[n+](C)c(c1c23)c54. The molecule has 34 heavy (non-hydrogen) atoms. The maximum absolute atomic E-state index is 2.59. The monoisotopic (exact) mass is 441 g/mol. The fraction of sp³-hybridized carbons (Fsp3) is 0.219. The molecule has 3 heterocycles. The van der Waals surface area contributed by atoms with Gasteiger partial charge in [0, 0.05) is 16.8 Å². The van der Waals surface area contributed by atoms with E-state index in [4.69, 9.17) is 0 Å². The molecule has 0 bridgehead atoms. The van der Waals surface area contributed by atoms with E-state index in [2.05, 4.69) is 117 Å². The predicted octanol–water partition coefficient (Wildman–Crippen LogP) is 7.86. The molecule has 0 amide bonds. The lowest BCUT2D eigenvalue weighted by Crippen LogP contribution is -2.29. The van der Waals surface area contributed by atoms with E-state index in [-0.39, 0.29) is 5.41 Å². The minimum absolute atomic E-state index is 0.197. The number of hydrogen-bond donors (Lipinski definition) is 0. The zero-order chi connectivity index (χ0) is 23.4. The van der Waals surface area contributed by atoms with Gasteiger partial charge in [0.05, 0.1) is 27.3 Å². The van der Waals surface area contributed by atoms with Crippen LogP contribution in [0.2, 0.25) is 0 Å². The summed E-state index contributed by atoms with van der Waals surface area (Å²) in [6, 6.07) is 24.9. The predicted molar refractivity (Wildman–Crippen MR) is 145 cm³/mol. The van der Waals surface area contributed by atoms with E-state index in [1.165, 1.54) is 70.9 Å². The molecule has 0 radical (unpaired) electrons. The summed E-state index contributed by atoms with van der Waals surface area (Å²) in [5, 5.41) is 9.47. The molecule has 4 aromatic carbocycles. The molecule has 0 atom stereocenters. The minimum Gasteiger partial charge on any atom is -0.307 e. The van der Waals surface area contributed by atoms with E-state index >= 15 is 0 Å². The van der Waals surface area contributed by atoms with Crippen molar-refractivity contribution in [2.75, 3.05) is 0 Å². The molecule has 0 fully saturated rings. The van der Waals surface area contributed by atoms with Gasteiger partial charge in [0.1, 0.15) is 7.05 Å². The fourth-order valence-corrected chi connectivity index (χ4v) is 6.36. The summed E-state index contributed by atoms with van der Waals surface area (Å²) in [5.74, 6) is 0. The topological polar surface area (TPSA) is 8.29 Å². The molecular weight excluding hydrogens is 412 g/mol. The molecule has 166 valence electrons.